The number of nitrogens with zero attached hydrogens (tertiary/aromatic N) is 4. The van der Waals surface area contributed by atoms with Crippen LogP contribution in [0, 0.1) is 0 Å². The monoisotopic (exact) mass is 327 g/mol. The van der Waals surface area contributed by atoms with Crippen LogP contribution in [-0.4, -0.2) is 48.4 Å². The highest BCUT2D eigenvalue weighted by molar-refractivity contribution is 5.89. The zero-order valence-electron chi connectivity index (χ0n) is 13.2. The number of nitrogens with two attached hydrogens (primary N) is 1. The SMILES string of the molecule is COc1ncc(-c2nc(N3CCOCC3)nc3ccoc23)cc1N. The minimum atomic E-state index is 0.386. The first-order valence-electron chi connectivity index (χ1n) is 7.64. The molecule has 3 aromatic rings. The smallest absolute Gasteiger partial charge is 0.236 e. The van der Waals surface area contributed by atoms with Crippen molar-refractivity contribution in [3.8, 4) is 17.1 Å². The predicted octanol–water partition coefficient (Wildman–Crippen LogP) is 1.71. The van der Waals surface area contributed by atoms with E-state index in [1.807, 2.05) is 6.07 Å². The number of morpholine rings is 1. The molecule has 8 nitrogen and oxygen atoms in total. The van der Waals surface area contributed by atoms with Crippen LogP contribution in [0.5, 0.6) is 5.88 Å². The van der Waals surface area contributed by atoms with Crippen LogP contribution in [0.3, 0.4) is 0 Å². The molecule has 0 amide bonds. The molecule has 3 aromatic heterocycles. The van der Waals surface area contributed by atoms with Gasteiger partial charge in [-0.25, -0.2) is 15.0 Å². The van der Waals surface area contributed by atoms with Gasteiger partial charge in [0.2, 0.25) is 11.8 Å². The molecule has 24 heavy (non-hydrogen) atoms. The summed E-state index contributed by atoms with van der Waals surface area (Å²) in [6.07, 6.45) is 3.27. The van der Waals surface area contributed by atoms with E-state index in [9.17, 15) is 0 Å². The fourth-order valence-electron chi connectivity index (χ4n) is 2.72. The molecule has 1 saturated heterocycles. The summed E-state index contributed by atoms with van der Waals surface area (Å²) in [5.74, 6) is 1.04. The fraction of sp³-hybridized carbons (Fsp3) is 0.312. The van der Waals surface area contributed by atoms with E-state index in [1.165, 1.54) is 7.11 Å². The molecule has 4 rings (SSSR count). The van der Waals surface area contributed by atoms with Crippen LogP contribution in [0.2, 0.25) is 0 Å². The van der Waals surface area contributed by atoms with Gasteiger partial charge in [-0.15, -0.1) is 0 Å². The van der Waals surface area contributed by atoms with Crippen LogP contribution in [0.25, 0.3) is 22.4 Å². The van der Waals surface area contributed by atoms with Crippen molar-refractivity contribution in [2.45, 2.75) is 0 Å². The first-order valence-corrected chi connectivity index (χ1v) is 7.64. The Hall–Kier alpha value is -2.87. The van der Waals surface area contributed by atoms with Crippen LogP contribution < -0.4 is 15.4 Å². The topological polar surface area (TPSA) is 99.5 Å². The van der Waals surface area contributed by atoms with Gasteiger partial charge in [0, 0.05) is 30.9 Å². The Morgan fingerprint density at radius 1 is 1.25 bits per heavy atom. The van der Waals surface area contributed by atoms with E-state index in [-0.39, 0.29) is 0 Å². The molecule has 4 heterocycles. The van der Waals surface area contributed by atoms with E-state index >= 15 is 0 Å². The quantitative estimate of drug-likeness (QED) is 0.776. The largest absolute Gasteiger partial charge is 0.480 e. The van der Waals surface area contributed by atoms with Gasteiger partial charge in [-0.3, -0.25) is 0 Å². The molecular weight excluding hydrogens is 310 g/mol. The van der Waals surface area contributed by atoms with Crippen molar-refractivity contribution in [3.63, 3.8) is 0 Å². The number of fused-ring (bicyclic) bond motifs is 1. The third kappa shape index (κ3) is 2.50. The fourth-order valence-corrected chi connectivity index (χ4v) is 2.72. The first-order chi connectivity index (χ1) is 11.8. The van der Waals surface area contributed by atoms with Crippen molar-refractivity contribution >= 4 is 22.7 Å². The molecule has 8 heteroatoms. The van der Waals surface area contributed by atoms with E-state index in [4.69, 9.17) is 24.6 Å². The maximum Gasteiger partial charge on any atom is 0.236 e. The molecule has 1 aliphatic rings. The van der Waals surface area contributed by atoms with Crippen LogP contribution in [0.15, 0.2) is 29.0 Å². The zero-order chi connectivity index (χ0) is 16.5. The second-order valence-corrected chi connectivity index (χ2v) is 5.43. The van der Waals surface area contributed by atoms with Crippen molar-refractivity contribution in [2.75, 3.05) is 44.0 Å². The third-order valence-electron chi connectivity index (χ3n) is 3.93. The van der Waals surface area contributed by atoms with Crippen LogP contribution >= 0.6 is 0 Å². The molecule has 1 aliphatic heterocycles. The number of methoxy groups -OCH3 is 1. The molecule has 0 unspecified atom stereocenters. The molecule has 0 atom stereocenters. The van der Waals surface area contributed by atoms with E-state index in [0.29, 0.717) is 42.0 Å². The van der Waals surface area contributed by atoms with E-state index in [2.05, 4.69) is 14.9 Å². The van der Waals surface area contributed by atoms with Gasteiger partial charge in [0.15, 0.2) is 5.58 Å². The number of ether oxygens (including phenoxy) is 2. The van der Waals surface area contributed by atoms with Gasteiger partial charge in [0.1, 0.15) is 11.2 Å². The molecule has 124 valence electrons. The minimum Gasteiger partial charge on any atom is -0.480 e. The summed E-state index contributed by atoms with van der Waals surface area (Å²) in [4.78, 5) is 15.6. The first kappa shape index (κ1) is 14.7. The Morgan fingerprint density at radius 2 is 2.08 bits per heavy atom. The summed E-state index contributed by atoms with van der Waals surface area (Å²) in [6, 6.07) is 3.60. The highest BCUT2D eigenvalue weighted by atomic mass is 16.5. The highest BCUT2D eigenvalue weighted by Gasteiger charge is 2.19. The zero-order valence-corrected chi connectivity index (χ0v) is 13.2. The Kier molecular flexibility index (Phi) is 3.66. The predicted molar refractivity (Wildman–Crippen MR) is 89.0 cm³/mol. The number of furan rings is 1. The minimum absolute atomic E-state index is 0.386. The lowest BCUT2D eigenvalue weighted by molar-refractivity contribution is 0.122. The van der Waals surface area contributed by atoms with Crippen LogP contribution in [0.4, 0.5) is 11.6 Å². The number of anilines is 2. The average molecular weight is 327 g/mol. The van der Waals surface area contributed by atoms with Gasteiger partial charge in [0.25, 0.3) is 0 Å². The van der Waals surface area contributed by atoms with E-state index < -0.39 is 0 Å². The molecule has 0 radical (unpaired) electrons. The normalized spacial score (nSPS) is 15.0. The number of hydrogen-bond donors (Lipinski definition) is 1. The molecule has 0 saturated carbocycles. The maximum absolute atomic E-state index is 5.98. The van der Waals surface area contributed by atoms with Crippen molar-refractivity contribution in [3.05, 3.63) is 24.6 Å². The van der Waals surface area contributed by atoms with Gasteiger partial charge < -0.3 is 24.5 Å². The summed E-state index contributed by atoms with van der Waals surface area (Å²) >= 11 is 0. The van der Waals surface area contributed by atoms with Crippen molar-refractivity contribution in [1.82, 2.24) is 15.0 Å². The van der Waals surface area contributed by atoms with Crippen LogP contribution in [0.1, 0.15) is 0 Å². The Morgan fingerprint density at radius 3 is 2.83 bits per heavy atom. The molecule has 0 aliphatic carbocycles. The number of hydrogen-bond acceptors (Lipinski definition) is 8. The third-order valence-corrected chi connectivity index (χ3v) is 3.93. The highest BCUT2D eigenvalue weighted by Crippen LogP contribution is 2.31. The second-order valence-electron chi connectivity index (χ2n) is 5.43. The lowest BCUT2D eigenvalue weighted by Gasteiger charge is -2.27. The molecule has 1 fully saturated rings. The molecule has 0 spiro atoms. The molecule has 0 bridgehead atoms. The maximum atomic E-state index is 5.98. The summed E-state index contributed by atoms with van der Waals surface area (Å²) in [7, 11) is 1.53. The van der Waals surface area contributed by atoms with Gasteiger partial charge in [-0.05, 0) is 6.07 Å². The van der Waals surface area contributed by atoms with E-state index in [1.54, 1.807) is 18.5 Å². The Labute approximate surface area is 138 Å². The average Bonchev–Trinajstić information content (AvgIpc) is 3.10. The number of nitrogen functional groups attached to an aromatic ring is 1. The van der Waals surface area contributed by atoms with Gasteiger partial charge >= 0.3 is 0 Å². The number of aromatic nitrogens is 3. The van der Waals surface area contributed by atoms with Crippen LogP contribution in [-0.2, 0) is 4.74 Å². The summed E-state index contributed by atoms with van der Waals surface area (Å²) in [5, 5.41) is 0. The lowest BCUT2D eigenvalue weighted by atomic mass is 10.1. The summed E-state index contributed by atoms with van der Waals surface area (Å²) in [5.41, 5.74) is 9.20. The van der Waals surface area contributed by atoms with Crippen molar-refractivity contribution < 1.29 is 13.9 Å². The van der Waals surface area contributed by atoms with Gasteiger partial charge in [-0.2, -0.15) is 0 Å². The number of rotatable bonds is 3. The molecule has 2 N–H and O–H groups in total. The van der Waals surface area contributed by atoms with Gasteiger partial charge in [-0.1, -0.05) is 0 Å². The van der Waals surface area contributed by atoms with Gasteiger partial charge in [0.05, 0.1) is 32.3 Å². The Bertz CT molecular complexity index is 873. The molecule has 0 aromatic carbocycles. The Balaban J connectivity index is 1.84. The number of pyridine rings is 1. The van der Waals surface area contributed by atoms with Crippen molar-refractivity contribution in [1.29, 1.82) is 0 Å². The molecular formula is C16H17N5O3. The summed E-state index contributed by atoms with van der Waals surface area (Å²) in [6.45, 7) is 2.84. The standard InChI is InChI=1S/C16H17N5O3/c1-22-15-11(17)8-10(9-18-15)13-14-12(2-5-24-14)19-16(20-13)21-3-6-23-7-4-21/h2,5,8-9H,3-4,6-7,17H2,1H3. The van der Waals surface area contributed by atoms with Crippen molar-refractivity contribution in [2.24, 2.45) is 0 Å². The second kappa shape index (κ2) is 5.97. The lowest BCUT2D eigenvalue weighted by Crippen LogP contribution is -2.37. The summed E-state index contributed by atoms with van der Waals surface area (Å²) < 4.78 is 16.1. The van der Waals surface area contributed by atoms with E-state index in [0.717, 1.165) is 24.2 Å².